The van der Waals surface area contributed by atoms with Gasteiger partial charge in [-0.2, -0.15) is 0 Å². The monoisotopic (exact) mass is 336 g/mol. The van der Waals surface area contributed by atoms with Crippen LogP contribution in [0.5, 0.6) is 5.75 Å². The van der Waals surface area contributed by atoms with Gasteiger partial charge in [0, 0.05) is 5.57 Å². The number of hydrogen-bond donors (Lipinski definition) is 2. The molecule has 0 fully saturated rings. The number of carbonyl (C=O) groups is 1. The number of hydrogen-bond acceptors (Lipinski definition) is 5. The van der Waals surface area contributed by atoms with E-state index in [2.05, 4.69) is 0 Å². The fraction of sp³-hybridized carbons (Fsp3) is 0.526. The van der Waals surface area contributed by atoms with Crippen molar-refractivity contribution >= 4 is 5.97 Å². The molecule has 0 unspecified atom stereocenters. The third-order valence-electron chi connectivity index (χ3n) is 3.79. The Morgan fingerprint density at radius 2 is 1.96 bits per heavy atom. The van der Waals surface area contributed by atoms with Crippen LogP contribution in [0.1, 0.15) is 45.3 Å². The fourth-order valence-electron chi connectivity index (χ4n) is 2.30. The molecule has 0 amide bonds. The first kappa shape index (κ1) is 20.2. The van der Waals surface area contributed by atoms with Gasteiger partial charge in [-0.15, -0.1) is 0 Å². The van der Waals surface area contributed by atoms with E-state index in [1.54, 1.807) is 26.0 Å². The summed E-state index contributed by atoms with van der Waals surface area (Å²) in [5.74, 6) is 0.435. The van der Waals surface area contributed by atoms with Crippen molar-refractivity contribution in [3.8, 4) is 5.75 Å². The lowest BCUT2D eigenvalue weighted by Crippen LogP contribution is -2.10. The molecule has 0 aliphatic rings. The van der Waals surface area contributed by atoms with Crippen LogP contribution >= 0.6 is 0 Å². The molecule has 0 saturated carbocycles. The Hall–Kier alpha value is -1.85. The highest BCUT2D eigenvalue weighted by atomic mass is 16.5. The minimum Gasteiger partial charge on any atom is -0.491 e. The molecule has 2 atom stereocenters. The maximum Gasteiger partial charge on any atom is 0.333 e. The number of ether oxygens (including phenoxy) is 2. The van der Waals surface area contributed by atoms with E-state index in [9.17, 15) is 9.90 Å². The largest absolute Gasteiger partial charge is 0.491 e. The average Bonchev–Trinajstić information content (AvgIpc) is 2.59. The van der Waals surface area contributed by atoms with Gasteiger partial charge in [0.25, 0.3) is 0 Å². The van der Waals surface area contributed by atoms with E-state index < -0.39 is 6.10 Å². The van der Waals surface area contributed by atoms with Crippen molar-refractivity contribution < 1.29 is 24.5 Å². The van der Waals surface area contributed by atoms with Crippen LogP contribution < -0.4 is 4.74 Å². The van der Waals surface area contributed by atoms with Crippen LogP contribution in [0.4, 0.5) is 0 Å². The SMILES string of the molecule is CCOC(=O)/C(C)=C/CC[C@H](C)[C@@H](O)c1ccc(OCCO)cc1. The summed E-state index contributed by atoms with van der Waals surface area (Å²) in [4.78, 5) is 11.5. The van der Waals surface area contributed by atoms with E-state index in [1.807, 2.05) is 25.1 Å². The van der Waals surface area contributed by atoms with Gasteiger partial charge in [0.2, 0.25) is 0 Å². The van der Waals surface area contributed by atoms with E-state index >= 15 is 0 Å². The van der Waals surface area contributed by atoms with Gasteiger partial charge in [-0.3, -0.25) is 0 Å². The van der Waals surface area contributed by atoms with Crippen molar-refractivity contribution in [2.75, 3.05) is 19.8 Å². The predicted molar refractivity (Wildman–Crippen MR) is 92.8 cm³/mol. The Bertz CT molecular complexity index is 521. The van der Waals surface area contributed by atoms with Gasteiger partial charge in [0.15, 0.2) is 0 Å². The van der Waals surface area contributed by atoms with Crippen LogP contribution in [0.15, 0.2) is 35.9 Å². The van der Waals surface area contributed by atoms with Crippen molar-refractivity contribution in [2.24, 2.45) is 5.92 Å². The second-order valence-corrected chi connectivity index (χ2v) is 5.75. The lowest BCUT2D eigenvalue weighted by molar-refractivity contribution is -0.138. The van der Waals surface area contributed by atoms with Gasteiger partial charge in [-0.1, -0.05) is 25.1 Å². The third-order valence-corrected chi connectivity index (χ3v) is 3.79. The molecule has 5 nitrogen and oxygen atoms in total. The summed E-state index contributed by atoms with van der Waals surface area (Å²) >= 11 is 0. The van der Waals surface area contributed by atoms with Gasteiger partial charge in [-0.05, 0) is 50.3 Å². The van der Waals surface area contributed by atoms with Crippen LogP contribution in [0.3, 0.4) is 0 Å². The predicted octanol–water partition coefficient (Wildman–Crippen LogP) is 3.02. The Kier molecular flexibility index (Phi) is 9.12. The van der Waals surface area contributed by atoms with Crippen LogP contribution in [0.2, 0.25) is 0 Å². The van der Waals surface area contributed by atoms with E-state index in [0.717, 1.165) is 12.0 Å². The fourth-order valence-corrected chi connectivity index (χ4v) is 2.30. The quantitative estimate of drug-likeness (QED) is 0.507. The summed E-state index contributed by atoms with van der Waals surface area (Å²) in [6.07, 6.45) is 2.75. The number of benzene rings is 1. The molecule has 0 radical (unpaired) electrons. The summed E-state index contributed by atoms with van der Waals surface area (Å²) in [5.41, 5.74) is 1.42. The standard InChI is InChI=1S/C19H28O5/c1-4-23-19(22)15(3)7-5-6-14(2)18(21)16-8-10-17(11-9-16)24-13-12-20/h7-11,14,18,20-21H,4-6,12-13H2,1-3H3/b15-7+/t14-,18+/m0/s1. The van der Waals surface area contributed by atoms with Crippen molar-refractivity contribution in [3.05, 3.63) is 41.5 Å². The smallest absolute Gasteiger partial charge is 0.333 e. The van der Waals surface area contributed by atoms with Gasteiger partial charge in [0.05, 0.1) is 19.3 Å². The summed E-state index contributed by atoms with van der Waals surface area (Å²) < 4.78 is 10.2. The molecule has 5 heteroatoms. The first-order valence-electron chi connectivity index (χ1n) is 8.35. The van der Waals surface area contributed by atoms with Crippen molar-refractivity contribution in [3.63, 3.8) is 0 Å². The Balaban J connectivity index is 2.50. The Labute approximate surface area is 143 Å². The Morgan fingerprint density at radius 1 is 1.29 bits per heavy atom. The van der Waals surface area contributed by atoms with Crippen LogP contribution in [-0.4, -0.2) is 36.0 Å². The maximum absolute atomic E-state index is 11.5. The Morgan fingerprint density at radius 3 is 2.54 bits per heavy atom. The second-order valence-electron chi connectivity index (χ2n) is 5.75. The number of rotatable bonds is 10. The third kappa shape index (κ3) is 6.72. The number of allylic oxidation sites excluding steroid dienone is 1. The van der Waals surface area contributed by atoms with Gasteiger partial charge in [0.1, 0.15) is 12.4 Å². The van der Waals surface area contributed by atoms with Crippen LogP contribution in [0, 0.1) is 5.92 Å². The molecule has 0 aliphatic heterocycles. The minimum absolute atomic E-state index is 0.0276. The molecule has 0 bridgehead atoms. The molecule has 1 aromatic rings. The zero-order valence-electron chi connectivity index (χ0n) is 14.7. The molecule has 1 rings (SSSR count). The molecular formula is C19H28O5. The zero-order chi connectivity index (χ0) is 17.9. The lowest BCUT2D eigenvalue weighted by Gasteiger charge is -2.19. The molecule has 0 heterocycles. The zero-order valence-corrected chi connectivity index (χ0v) is 14.7. The molecule has 134 valence electrons. The number of aliphatic hydroxyl groups excluding tert-OH is 2. The first-order valence-corrected chi connectivity index (χ1v) is 8.35. The number of esters is 1. The van der Waals surface area contributed by atoms with Gasteiger partial charge in [-0.25, -0.2) is 4.79 Å². The van der Waals surface area contributed by atoms with E-state index in [-0.39, 0.29) is 25.1 Å². The summed E-state index contributed by atoms with van der Waals surface area (Å²) in [5, 5.41) is 19.2. The van der Waals surface area contributed by atoms with Crippen molar-refractivity contribution in [2.45, 2.75) is 39.7 Å². The van der Waals surface area contributed by atoms with Crippen LogP contribution in [0.25, 0.3) is 0 Å². The molecule has 2 N–H and O–H groups in total. The minimum atomic E-state index is -0.576. The summed E-state index contributed by atoms with van der Waals surface area (Å²) in [7, 11) is 0. The van der Waals surface area contributed by atoms with E-state index in [1.165, 1.54) is 0 Å². The van der Waals surface area contributed by atoms with Gasteiger partial charge < -0.3 is 19.7 Å². The number of aliphatic hydroxyl groups is 2. The summed E-state index contributed by atoms with van der Waals surface area (Å²) in [6.45, 7) is 6.10. The lowest BCUT2D eigenvalue weighted by atomic mass is 9.93. The topological polar surface area (TPSA) is 76.0 Å². The highest BCUT2D eigenvalue weighted by molar-refractivity contribution is 5.87. The molecule has 0 saturated heterocycles. The van der Waals surface area contributed by atoms with Crippen molar-refractivity contribution in [1.29, 1.82) is 0 Å². The molecule has 0 spiro atoms. The second kappa shape index (κ2) is 10.8. The van der Waals surface area contributed by atoms with Gasteiger partial charge >= 0.3 is 5.97 Å². The number of carbonyl (C=O) groups excluding carboxylic acids is 1. The average molecular weight is 336 g/mol. The molecule has 0 aromatic heterocycles. The normalized spacial score (nSPS) is 14.1. The first-order chi connectivity index (χ1) is 11.5. The molecule has 1 aromatic carbocycles. The maximum atomic E-state index is 11.5. The summed E-state index contributed by atoms with van der Waals surface area (Å²) in [6, 6.07) is 7.22. The highest BCUT2D eigenvalue weighted by Crippen LogP contribution is 2.27. The van der Waals surface area contributed by atoms with E-state index in [4.69, 9.17) is 14.6 Å². The molecule has 24 heavy (non-hydrogen) atoms. The highest BCUT2D eigenvalue weighted by Gasteiger charge is 2.16. The van der Waals surface area contributed by atoms with E-state index in [0.29, 0.717) is 24.4 Å². The molecule has 0 aliphatic carbocycles. The molecular weight excluding hydrogens is 308 g/mol. The van der Waals surface area contributed by atoms with Crippen LogP contribution in [-0.2, 0) is 9.53 Å². The van der Waals surface area contributed by atoms with Crippen molar-refractivity contribution in [1.82, 2.24) is 0 Å².